The first-order chi connectivity index (χ1) is 7.58. The van der Waals surface area contributed by atoms with Gasteiger partial charge in [0.1, 0.15) is 0 Å². The molecule has 0 amide bonds. The molecule has 0 saturated carbocycles. The van der Waals surface area contributed by atoms with Gasteiger partial charge in [0.2, 0.25) is 0 Å². The Morgan fingerprint density at radius 1 is 1.56 bits per heavy atom. The first-order valence-electron chi connectivity index (χ1n) is 5.25. The van der Waals surface area contributed by atoms with Gasteiger partial charge in [0, 0.05) is 13.1 Å². The summed E-state index contributed by atoms with van der Waals surface area (Å²) in [4.78, 5) is 2.02. The van der Waals surface area contributed by atoms with Crippen molar-refractivity contribution < 1.29 is 5.11 Å². The normalized spacial score (nSPS) is 17.8. The van der Waals surface area contributed by atoms with Crippen molar-refractivity contribution in [3.63, 3.8) is 0 Å². The Morgan fingerprint density at radius 2 is 2.25 bits per heavy atom. The topological polar surface area (TPSA) is 47.3 Å². The number of aliphatic hydroxyl groups is 1. The third kappa shape index (κ3) is 1.87. The molecule has 0 aromatic heterocycles. The second-order valence-electron chi connectivity index (χ2n) is 4.21. The van der Waals surface area contributed by atoms with E-state index in [1.807, 2.05) is 24.0 Å². The minimum Gasteiger partial charge on any atom is -0.386 e. The number of hydrogen-bond acceptors (Lipinski definition) is 3. The van der Waals surface area contributed by atoms with E-state index in [1.165, 1.54) is 0 Å². The third-order valence-corrected chi connectivity index (χ3v) is 3.35. The molecule has 1 N–H and O–H groups in total. The van der Waals surface area contributed by atoms with Gasteiger partial charge < -0.3 is 10.0 Å². The molecule has 0 radical (unpaired) electrons. The minimum absolute atomic E-state index is 0.556. The molecule has 3 nitrogen and oxygen atoms in total. The Bertz CT molecular complexity index is 447. The summed E-state index contributed by atoms with van der Waals surface area (Å²) in [5.74, 6) is 0. The van der Waals surface area contributed by atoms with Crippen LogP contribution in [0.2, 0.25) is 5.02 Å². The number of hydrogen-bond donors (Lipinski definition) is 1. The molecule has 1 aromatic carbocycles. The van der Waals surface area contributed by atoms with Crippen molar-refractivity contribution in [2.75, 3.05) is 18.0 Å². The fraction of sp³-hybridized carbons (Fsp3) is 0.417. The molecule has 1 fully saturated rings. The van der Waals surface area contributed by atoms with Crippen LogP contribution in [0.3, 0.4) is 0 Å². The van der Waals surface area contributed by atoms with Gasteiger partial charge in [-0.3, -0.25) is 0 Å². The predicted octanol–water partition coefficient (Wildman–Crippen LogP) is 2.17. The minimum atomic E-state index is -0.572. The average molecular weight is 237 g/mol. The standard InChI is InChI=1S/C12H13ClN2O/c1-2-12(16)7-15(8-12)11-4-3-9(6-14)5-10(11)13/h3-5,16H,2,7-8H2,1H3. The van der Waals surface area contributed by atoms with Crippen molar-refractivity contribution in [1.29, 1.82) is 5.26 Å². The van der Waals surface area contributed by atoms with Crippen LogP contribution in [0.1, 0.15) is 18.9 Å². The molecule has 0 bridgehead atoms. The second-order valence-corrected chi connectivity index (χ2v) is 4.62. The van der Waals surface area contributed by atoms with Gasteiger partial charge >= 0.3 is 0 Å². The Labute approximate surface area is 99.9 Å². The van der Waals surface area contributed by atoms with Crippen LogP contribution in [0.25, 0.3) is 0 Å². The zero-order chi connectivity index (χ0) is 11.8. The summed E-state index contributed by atoms with van der Waals surface area (Å²) < 4.78 is 0. The van der Waals surface area contributed by atoms with E-state index < -0.39 is 5.60 Å². The lowest BCUT2D eigenvalue weighted by Crippen LogP contribution is -2.61. The highest BCUT2D eigenvalue weighted by atomic mass is 35.5. The van der Waals surface area contributed by atoms with E-state index in [-0.39, 0.29) is 0 Å². The number of nitriles is 1. The molecule has 1 aromatic rings. The van der Waals surface area contributed by atoms with E-state index in [2.05, 4.69) is 0 Å². The molecule has 84 valence electrons. The Hall–Kier alpha value is -1.24. The van der Waals surface area contributed by atoms with Crippen molar-refractivity contribution in [2.24, 2.45) is 0 Å². The summed E-state index contributed by atoms with van der Waals surface area (Å²) in [6.45, 7) is 3.18. The third-order valence-electron chi connectivity index (χ3n) is 3.05. The first-order valence-corrected chi connectivity index (χ1v) is 5.63. The lowest BCUT2D eigenvalue weighted by atomic mass is 9.91. The zero-order valence-electron chi connectivity index (χ0n) is 9.07. The summed E-state index contributed by atoms with van der Waals surface area (Å²) in [6.07, 6.45) is 0.747. The Balaban J connectivity index is 2.16. The highest BCUT2D eigenvalue weighted by Gasteiger charge is 2.40. The molecule has 1 heterocycles. The highest BCUT2D eigenvalue weighted by molar-refractivity contribution is 6.33. The van der Waals surface area contributed by atoms with Gasteiger partial charge in [-0.05, 0) is 24.6 Å². The van der Waals surface area contributed by atoms with E-state index >= 15 is 0 Å². The van der Waals surface area contributed by atoms with Gasteiger partial charge in [-0.15, -0.1) is 0 Å². The van der Waals surface area contributed by atoms with Gasteiger partial charge in [0.25, 0.3) is 0 Å². The monoisotopic (exact) mass is 236 g/mol. The van der Waals surface area contributed by atoms with Crippen molar-refractivity contribution >= 4 is 17.3 Å². The molecular weight excluding hydrogens is 224 g/mol. The lowest BCUT2D eigenvalue weighted by Gasteiger charge is -2.47. The zero-order valence-corrected chi connectivity index (χ0v) is 9.83. The predicted molar refractivity (Wildman–Crippen MR) is 63.6 cm³/mol. The van der Waals surface area contributed by atoms with Crippen LogP contribution >= 0.6 is 11.6 Å². The second kappa shape index (κ2) is 3.97. The number of nitrogens with zero attached hydrogens (tertiary/aromatic N) is 2. The van der Waals surface area contributed by atoms with E-state index in [4.69, 9.17) is 16.9 Å². The maximum absolute atomic E-state index is 9.91. The molecule has 4 heteroatoms. The van der Waals surface area contributed by atoms with Gasteiger partial charge in [-0.25, -0.2) is 0 Å². The lowest BCUT2D eigenvalue weighted by molar-refractivity contribution is 0.00855. The molecular formula is C12H13ClN2O. The summed E-state index contributed by atoms with van der Waals surface area (Å²) in [5.41, 5.74) is 0.871. The van der Waals surface area contributed by atoms with E-state index in [9.17, 15) is 5.11 Å². The summed E-state index contributed by atoms with van der Waals surface area (Å²) >= 11 is 6.08. The molecule has 16 heavy (non-hydrogen) atoms. The Morgan fingerprint density at radius 3 is 2.75 bits per heavy atom. The van der Waals surface area contributed by atoms with Crippen LogP contribution in [0.15, 0.2) is 18.2 Å². The SMILES string of the molecule is CCC1(O)CN(c2ccc(C#N)cc2Cl)C1. The van der Waals surface area contributed by atoms with E-state index in [1.54, 1.807) is 12.1 Å². The molecule has 0 aliphatic carbocycles. The van der Waals surface area contributed by atoms with Crippen LogP contribution in [-0.2, 0) is 0 Å². The van der Waals surface area contributed by atoms with Crippen LogP contribution in [0.5, 0.6) is 0 Å². The summed E-state index contributed by atoms with van der Waals surface area (Å²) in [7, 11) is 0. The van der Waals surface area contributed by atoms with Crippen molar-refractivity contribution in [2.45, 2.75) is 18.9 Å². The Kier molecular flexibility index (Phi) is 2.79. The fourth-order valence-electron chi connectivity index (χ4n) is 1.89. The molecule has 2 rings (SSSR count). The van der Waals surface area contributed by atoms with Crippen LogP contribution < -0.4 is 4.90 Å². The van der Waals surface area contributed by atoms with Gasteiger partial charge in [0.05, 0.1) is 27.9 Å². The van der Waals surface area contributed by atoms with E-state index in [0.717, 1.165) is 12.1 Å². The quantitative estimate of drug-likeness (QED) is 0.856. The smallest absolute Gasteiger partial charge is 0.0992 e. The van der Waals surface area contributed by atoms with Crippen LogP contribution in [0, 0.1) is 11.3 Å². The van der Waals surface area contributed by atoms with Crippen molar-refractivity contribution in [3.8, 4) is 6.07 Å². The number of rotatable bonds is 2. The summed E-state index contributed by atoms with van der Waals surface area (Å²) in [6, 6.07) is 7.27. The van der Waals surface area contributed by atoms with Gasteiger partial charge in [-0.1, -0.05) is 18.5 Å². The molecule has 0 spiro atoms. The molecule has 1 saturated heterocycles. The maximum Gasteiger partial charge on any atom is 0.0992 e. The molecule has 1 aliphatic heterocycles. The number of benzene rings is 1. The van der Waals surface area contributed by atoms with Crippen LogP contribution in [0.4, 0.5) is 5.69 Å². The van der Waals surface area contributed by atoms with Gasteiger partial charge in [0.15, 0.2) is 0 Å². The number of β-amino-alcohol motifs (C(OH)–C–C–N with tert-alkyl or cyclic N) is 1. The largest absolute Gasteiger partial charge is 0.386 e. The van der Waals surface area contributed by atoms with Crippen molar-refractivity contribution in [1.82, 2.24) is 0 Å². The number of halogens is 1. The van der Waals surface area contributed by atoms with Crippen LogP contribution in [-0.4, -0.2) is 23.8 Å². The average Bonchev–Trinajstić information content (AvgIpc) is 2.25. The maximum atomic E-state index is 9.91. The fourth-order valence-corrected chi connectivity index (χ4v) is 2.19. The number of anilines is 1. The summed E-state index contributed by atoms with van der Waals surface area (Å²) in [5, 5.41) is 19.2. The molecule has 0 atom stereocenters. The molecule has 1 aliphatic rings. The van der Waals surface area contributed by atoms with Gasteiger partial charge in [-0.2, -0.15) is 5.26 Å². The van der Waals surface area contributed by atoms with Crippen molar-refractivity contribution in [3.05, 3.63) is 28.8 Å². The molecule has 0 unspecified atom stereocenters. The van der Waals surface area contributed by atoms with E-state index in [0.29, 0.717) is 23.7 Å². The highest BCUT2D eigenvalue weighted by Crippen LogP contribution is 2.34. The first kappa shape index (κ1) is 11.3.